The zero-order valence-corrected chi connectivity index (χ0v) is 26.0. The molecule has 0 amide bonds. The zero-order valence-electron chi connectivity index (χ0n) is 26.0. The van der Waals surface area contributed by atoms with Gasteiger partial charge in [0.15, 0.2) is 17.1 Å². The average Bonchev–Trinajstić information content (AvgIpc) is 3.33. The van der Waals surface area contributed by atoms with Crippen LogP contribution < -0.4 is 18.9 Å². The molecule has 0 spiro atoms. The third kappa shape index (κ3) is 4.33. The van der Waals surface area contributed by atoms with Crippen LogP contribution in [0.5, 0.6) is 23.0 Å². The Morgan fingerprint density at radius 3 is 2.15 bits per heavy atom. The predicted octanol–water partition coefficient (Wildman–Crippen LogP) is 7.89. The Bertz CT molecular complexity index is 2080. The fourth-order valence-electron chi connectivity index (χ4n) is 7.02. The first kappa shape index (κ1) is 29.4. The van der Waals surface area contributed by atoms with Crippen LogP contribution in [0.15, 0.2) is 84.9 Å². The highest BCUT2D eigenvalue weighted by Crippen LogP contribution is 2.59. The van der Waals surface area contributed by atoms with Gasteiger partial charge in [0, 0.05) is 27.5 Å². The highest BCUT2D eigenvalue weighted by Gasteiger charge is 2.44. The molecule has 0 aromatic heterocycles. The highest BCUT2D eigenvalue weighted by molar-refractivity contribution is 6.09. The van der Waals surface area contributed by atoms with Crippen LogP contribution in [0.4, 0.5) is 4.39 Å². The lowest BCUT2D eigenvalue weighted by Gasteiger charge is -2.38. The topological polar surface area (TPSA) is 80.9 Å². The van der Waals surface area contributed by atoms with Crippen molar-refractivity contribution in [3.8, 4) is 40.2 Å². The first-order valence-corrected chi connectivity index (χ1v) is 15.1. The average molecular weight is 614 g/mol. The number of methoxy groups -OCH3 is 2. The Labute approximate surface area is 266 Å². The van der Waals surface area contributed by atoms with Crippen LogP contribution in [-0.2, 0) is 11.0 Å². The number of aliphatic hydroxyl groups excluding tert-OH is 1. The molecule has 1 aliphatic carbocycles. The largest absolute Gasteiger partial charge is 0.493 e. The number of aliphatic hydroxyl groups is 1. The van der Waals surface area contributed by atoms with Gasteiger partial charge in [0.25, 0.3) is 0 Å². The van der Waals surface area contributed by atoms with E-state index in [0.717, 1.165) is 49.7 Å². The zero-order chi connectivity index (χ0) is 32.2. The number of nitrogens with zero attached hydrogens (tertiary/aromatic N) is 1. The maximum Gasteiger partial charge on any atom is 0.178 e. The molecule has 1 N–H and O–H groups in total. The summed E-state index contributed by atoms with van der Waals surface area (Å²) in [6, 6.07) is 26.0. The van der Waals surface area contributed by atoms with Crippen LogP contribution in [0, 0.1) is 17.1 Å². The molecule has 230 valence electrons. The monoisotopic (exact) mass is 613 g/mol. The highest BCUT2D eigenvalue weighted by atomic mass is 19.1. The Kier molecular flexibility index (Phi) is 6.99. The van der Waals surface area contributed by atoms with Crippen molar-refractivity contribution in [1.29, 1.82) is 5.26 Å². The number of nitriles is 1. The molecule has 5 aromatic rings. The molecule has 6 nitrogen and oxygen atoms in total. The molecular formula is C39H32FNO5. The van der Waals surface area contributed by atoms with Gasteiger partial charge in [-0.05, 0) is 82.2 Å². The molecule has 7 heteroatoms. The first-order chi connectivity index (χ1) is 22.2. The minimum atomic E-state index is -1.12. The summed E-state index contributed by atoms with van der Waals surface area (Å²) in [4.78, 5) is 0. The van der Waals surface area contributed by atoms with Gasteiger partial charge in [-0.2, -0.15) is 5.26 Å². The number of ether oxygens (including phenoxy) is 4. The molecule has 0 bridgehead atoms. The van der Waals surface area contributed by atoms with Crippen LogP contribution >= 0.6 is 0 Å². The Hall–Kier alpha value is -5.32. The fraction of sp³-hybridized carbons (Fsp3) is 0.205. The van der Waals surface area contributed by atoms with Crippen molar-refractivity contribution >= 4 is 16.8 Å². The lowest BCUT2D eigenvalue weighted by Crippen LogP contribution is -2.35. The van der Waals surface area contributed by atoms with Gasteiger partial charge in [-0.25, -0.2) is 4.39 Å². The van der Waals surface area contributed by atoms with Crippen LogP contribution in [0.3, 0.4) is 0 Å². The summed E-state index contributed by atoms with van der Waals surface area (Å²) in [5, 5.41) is 20.7. The van der Waals surface area contributed by atoms with Crippen molar-refractivity contribution < 1.29 is 28.4 Å². The van der Waals surface area contributed by atoms with Gasteiger partial charge in [-0.3, -0.25) is 0 Å². The van der Waals surface area contributed by atoms with E-state index in [0.29, 0.717) is 28.6 Å². The maximum atomic E-state index is 14.2. The Morgan fingerprint density at radius 2 is 1.52 bits per heavy atom. The van der Waals surface area contributed by atoms with E-state index in [2.05, 4.69) is 26.0 Å². The van der Waals surface area contributed by atoms with Gasteiger partial charge in [-0.15, -0.1) is 0 Å². The normalized spacial score (nSPS) is 17.0. The Morgan fingerprint density at radius 1 is 0.870 bits per heavy atom. The number of benzene rings is 5. The summed E-state index contributed by atoms with van der Waals surface area (Å²) in [6.45, 7) is 4.44. The molecule has 1 aliphatic heterocycles. The smallest absolute Gasteiger partial charge is 0.178 e. The summed E-state index contributed by atoms with van der Waals surface area (Å²) in [6.07, 6.45) is 4.13. The number of fused-ring (bicyclic) bond motifs is 8. The molecule has 0 saturated heterocycles. The minimum absolute atomic E-state index is 0.0897. The third-order valence-electron chi connectivity index (χ3n) is 9.18. The van der Waals surface area contributed by atoms with E-state index < -0.39 is 11.0 Å². The molecular weight excluding hydrogens is 581 g/mol. The van der Waals surface area contributed by atoms with Crippen molar-refractivity contribution in [1.82, 2.24) is 0 Å². The van der Waals surface area contributed by atoms with Crippen LogP contribution in [0.1, 0.15) is 47.2 Å². The SMILES string of the molecule is COc1cc2c3c(c4c(c2cc1OC)-c1ccc(C#N)cc1C4(C)C)C=CC(c1ccc(F)cc1)(c1ccc(OCCO)cc1)O3. The minimum Gasteiger partial charge on any atom is -0.493 e. The van der Waals surface area contributed by atoms with Crippen LogP contribution in [0.25, 0.3) is 28.0 Å². The Balaban J connectivity index is 1.54. The van der Waals surface area contributed by atoms with E-state index in [1.807, 2.05) is 60.7 Å². The van der Waals surface area contributed by atoms with E-state index in [1.54, 1.807) is 26.4 Å². The molecule has 1 heterocycles. The number of rotatable bonds is 7. The summed E-state index contributed by atoms with van der Waals surface area (Å²) >= 11 is 0. The molecule has 1 unspecified atom stereocenters. The molecule has 0 radical (unpaired) electrons. The van der Waals surface area contributed by atoms with Crippen molar-refractivity contribution in [2.45, 2.75) is 24.9 Å². The second-order valence-electron chi connectivity index (χ2n) is 12.0. The molecule has 5 aromatic carbocycles. The standard InChI is InChI=1S/C39H32FNO5/c1-38(2)32-19-23(22-41)5-14-28(32)35-30-20-33(43-3)34(44-4)21-31(30)37-29(36(35)38)15-16-39(46-37,24-6-10-26(40)11-7-24)25-8-12-27(13-9-25)45-18-17-42/h5-16,19-21,42H,17-18H2,1-4H3. The van der Waals surface area contributed by atoms with E-state index in [4.69, 9.17) is 18.9 Å². The van der Waals surface area contributed by atoms with Crippen molar-refractivity contribution in [2.24, 2.45) is 0 Å². The van der Waals surface area contributed by atoms with E-state index >= 15 is 0 Å². The quantitative estimate of drug-likeness (QED) is 0.201. The fourth-order valence-corrected chi connectivity index (χ4v) is 7.02. The lowest BCUT2D eigenvalue weighted by molar-refractivity contribution is 0.163. The van der Waals surface area contributed by atoms with Gasteiger partial charge in [0.2, 0.25) is 0 Å². The summed E-state index contributed by atoms with van der Waals surface area (Å²) in [5.41, 5.74) is 5.78. The maximum absolute atomic E-state index is 14.2. The van der Waals surface area contributed by atoms with Gasteiger partial charge < -0.3 is 24.1 Å². The van der Waals surface area contributed by atoms with Gasteiger partial charge in [0.1, 0.15) is 23.9 Å². The lowest BCUT2D eigenvalue weighted by atomic mass is 9.76. The number of halogens is 1. The summed E-state index contributed by atoms with van der Waals surface area (Å²) in [7, 11) is 3.22. The van der Waals surface area contributed by atoms with Crippen LogP contribution in [0.2, 0.25) is 0 Å². The van der Waals surface area contributed by atoms with Gasteiger partial charge >= 0.3 is 0 Å². The van der Waals surface area contributed by atoms with Crippen molar-refractivity contribution in [2.75, 3.05) is 27.4 Å². The second kappa shape index (κ2) is 10.9. The third-order valence-corrected chi connectivity index (χ3v) is 9.18. The summed E-state index contributed by atoms with van der Waals surface area (Å²) in [5.74, 6) is 2.08. The van der Waals surface area contributed by atoms with Gasteiger partial charge in [-0.1, -0.05) is 50.3 Å². The van der Waals surface area contributed by atoms with E-state index in [1.165, 1.54) is 12.1 Å². The van der Waals surface area contributed by atoms with E-state index in [9.17, 15) is 14.8 Å². The first-order valence-electron chi connectivity index (χ1n) is 15.1. The molecule has 46 heavy (non-hydrogen) atoms. The van der Waals surface area contributed by atoms with Gasteiger partial charge in [0.05, 0.1) is 32.5 Å². The molecule has 2 aliphatic rings. The van der Waals surface area contributed by atoms with E-state index in [-0.39, 0.29) is 19.0 Å². The molecule has 0 fully saturated rings. The summed E-state index contributed by atoms with van der Waals surface area (Å²) < 4.78 is 38.7. The van der Waals surface area contributed by atoms with Crippen LogP contribution in [-0.4, -0.2) is 32.5 Å². The predicted molar refractivity (Wildman–Crippen MR) is 175 cm³/mol. The molecule has 7 rings (SSSR count). The second-order valence-corrected chi connectivity index (χ2v) is 12.0. The molecule has 1 atom stereocenters. The van der Waals surface area contributed by atoms with Crippen molar-refractivity contribution in [3.63, 3.8) is 0 Å². The van der Waals surface area contributed by atoms with Crippen molar-refractivity contribution in [3.05, 3.63) is 124 Å². The number of hydrogen-bond donors (Lipinski definition) is 1. The molecule has 0 saturated carbocycles. The number of hydrogen-bond acceptors (Lipinski definition) is 6.